The van der Waals surface area contributed by atoms with Crippen LogP contribution in [0.2, 0.25) is 0 Å². The number of carbonyl (C=O) groups is 2. The number of hydrogen-bond donors (Lipinski definition) is 0. The molecule has 3 rings (SSSR count). The Kier molecular flexibility index (Phi) is 4.05. The monoisotopic (exact) mass is 293 g/mol. The maximum absolute atomic E-state index is 12.5. The number of anilines is 1. The number of benzene rings is 2. The summed E-state index contributed by atoms with van der Waals surface area (Å²) in [5, 5.41) is 0. The highest BCUT2D eigenvalue weighted by Gasteiger charge is 2.26. The molecule has 1 aliphatic rings. The lowest BCUT2D eigenvalue weighted by molar-refractivity contribution is -0.118. The molecule has 0 saturated carbocycles. The van der Waals surface area contributed by atoms with Gasteiger partial charge in [0, 0.05) is 24.9 Å². The maximum Gasteiger partial charge on any atom is 0.227 e. The number of fused-ring (bicyclic) bond motifs is 1. The largest absolute Gasteiger partial charge is 0.311 e. The molecule has 0 N–H and O–H groups in total. The fourth-order valence-electron chi connectivity index (χ4n) is 2.87. The van der Waals surface area contributed by atoms with Crippen molar-refractivity contribution in [3.63, 3.8) is 0 Å². The van der Waals surface area contributed by atoms with Crippen LogP contribution in [0.1, 0.15) is 34.3 Å². The van der Waals surface area contributed by atoms with Gasteiger partial charge < -0.3 is 4.90 Å². The number of rotatable bonds is 3. The Balaban J connectivity index is 1.77. The van der Waals surface area contributed by atoms with E-state index in [0.717, 1.165) is 23.2 Å². The van der Waals surface area contributed by atoms with E-state index in [1.54, 1.807) is 4.90 Å². The highest BCUT2D eigenvalue weighted by Crippen LogP contribution is 2.28. The lowest BCUT2D eigenvalue weighted by Gasteiger charge is -2.29. The molecule has 0 aliphatic carbocycles. The third kappa shape index (κ3) is 2.93. The number of aryl methyl sites for hydroxylation is 2. The van der Waals surface area contributed by atoms with Gasteiger partial charge in [-0.15, -0.1) is 0 Å². The molecule has 22 heavy (non-hydrogen) atoms. The molecule has 0 aromatic heterocycles. The second kappa shape index (κ2) is 6.14. The Morgan fingerprint density at radius 3 is 2.68 bits per heavy atom. The Morgan fingerprint density at radius 1 is 1.14 bits per heavy atom. The predicted octanol–water partition coefficient (Wildman–Crippen LogP) is 3.55. The molecule has 2 aromatic rings. The van der Waals surface area contributed by atoms with Gasteiger partial charge in [-0.1, -0.05) is 42.0 Å². The van der Waals surface area contributed by atoms with Gasteiger partial charge in [0.2, 0.25) is 5.91 Å². The molecule has 2 aromatic carbocycles. The SMILES string of the molecule is Cc1ccc2c(c1)C(=O)CCN2C(=O)CCc1ccccc1. The Hall–Kier alpha value is -2.42. The van der Waals surface area contributed by atoms with Crippen LogP contribution >= 0.6 is 0 Å². The number of Topliss-reactive ketones (excluding diaryl/α,β-unsaturated/α-hetero) is 1. The minimum Gasteiger partial charge on any atom is -0.311 e. The summed E-state index contributed by atoms with van der Waals surface area (Å²) in [5.41, 5.74) is 3.65. The van der Waals surface area contributed by atoms with E-state index < -0.39 is 0 Å². The van der Waals surface area contributed by atoms with E-state index in [9.17, 15) is 9.59 Å². The van der Waals surface area contributed by atoms with E-state index in [4.69, 9.17) is 0 Å². The van der Waals surface area contributed by atoms with Gasteiger partial charge in [-0.05, 0) is 31.0 Å². The molecule has 3 heteroatoms. The van der Waals surface area contributed by atoms with E-state index >= 15 is 0 Å². The van der Waals surface area contributed by atoms with E-state index in [-0.39, 0.29) is 11.7 Å². The van der Waals surface area contributed by atoms with Crippen molar-refractivity contribution < 1.29 is 9.59 Å². The van der Waals surface area contributed by atoms with Crippen LogP contribution in [0.4, 0.5) is 5.69 Å². The molecular formula is C19H19NO2. The van der Waals surface area contributed by atoms with Gasteiger partial charge in [0.1, 0.15) is 0 Å². The average molecular weight is 293 g/mol. The second-order valence-electron chi connectivity index (χ2n) is 5.72. The molecule has 1 amide bonds. The zero-order valence-corrected chi connectivity index (χ0v) is 12.7. The van der Waals surface area contributed by atoms with Crippen LogP contribution in [-0.4, -0.2) is 18.2 Å². The van der Waals surface area contributed by atoms with Crippen molar-refractivity contribution in [3.8, 4) is 0 Å². The minimum atomic E-state index is 0.0847. The summed E-state index contributed by atoms with van der Waals surface area (Å²) in [6.07, 6.45) is 1.60. The highest BCUT2D eigenvalue weighted by atomic mass is 16.2. The molecule has 0 unspecified atom stereocenters. The number of ketones is 1. The van der Waals surface area contributed by atoms with Crippen LogP contribution in [0.15, 0.2) is 48.5 Å². The smallest absolute Gasteiger partial charge is 0.227 e. The van der Waals surface area contributed by atoms with Crippen molar-refractivity contribution in [2.45, 2.75) is 26.2 Å². The average Bonchev–Trinajstić information content (AvgIpc) is 2.54. The van der Waals surface area contributed by atoms with Crippen molar-refractivity contribution in [2.75, 3.05) is 11.4 Å². The Bertz CT molecular complexity index is 707. The molecule has 3 nitrogen and oxygen atoms in total. The van der Waals surface area contributed by atoms with Crippen LogP contribution in [0, 0.1) is 6.92 Å². The lowest BCUT2D eigenvalue weighted by atomic mass is 9.97. The molecule has 0 fully saturated rings. The molecule has 1 aliphatic heterocycles. The van der Waals surface area contributed by atoms with Crippen LogP contribution in [0.5, 0.6) is 0 Å². The number of carbonyl (C=O) groups excluding carboxylic acids is 2. The van der Waals surface area contributed by atoms with Gasteiger partial charge >= 0.3 is 0 Å². The quantitative estimate of drug-likeness (QED) is 0.868. The molecule has 1 heterocycles. The lowest BCUT2D eigenvalue weighted by Crippen LogP contribution is -2.37. The zero-order chi connectivity index (χ0) is 15.5. The van der Waals surface area contributed by atoms with E-state index in [1.165, 1.54) is 0 Å². The van der Waals surface area contributed by atoms with Gasteiger partial charge in [-0.25, -0.2) is 0 Å². The molecule has 0 atom stereocenters. The van der Waals surface area contributed by atoms with Crippen molar-refractivity contribution >= 4 is 17.4 Å². The summed E-state index contributed by atoms with van der Waals surface area (Å²) in [4.78, 5) is 26.4. The predicted molar refractivity (Wildman–Crippen MR) is 87.2 cm³/mol. The first-order valence-corrected chi connectivity index (χ1v) is 7.63. The van der Waals surface area contributed by atoms with E-state index in [0.29, 0.717) is 24.9 Å². The minimum absolute atomic E-state index is 0.0847. The summed E-state index contributed by atoms with van der Waals surface area (Å²) in [6.45, 7) is 2.45. The second-order valence-corrected chi connectivity index (χ2v) is 5.72. The first kappa shape index (κ1) is 14.5. The maximum atomic E-state index is 12.5. The number of nitrogens with zero attached hydrogens (tertiary/aromatic N) is 1. The summed E-state index contributed by atoms with van der Waals surface area (Å²) in [7, 11) is 0. The molecular weight excluding hydrogens is 274 g/mol. The van der Waals surface area contributed by atoms with Crippen molar-refractivity contribution in [2.24, 2.45) is 0 Å². The van der Waals surface area contributed by atoms with Crippen molar-refractivity contribution in [1.82, 2.24) is 0 Å². The topological polar surface area (TPSA) is 37.4 Å². The number of amides is 1. The van der Waals surface area contributed by atoms with Gasteiger partial charge in [0.05, 0.1) is 5.69 Å². The standard InChI is InChI=1S/C19H19NO2/c1-14-7-9-17-16(13-14)18(21)11-12-20(17)19(22)10-8-15-5-3-2-4-6-15/h2-7,9,13H,8,10-12H2,1H3. The summed E-state index contributed by atoms with van der Waals surface area (Å²) >= 11 is 0. The molecule has 0 bridgehead atoms. The first-order chi connectivity index (χ1) is 10.6. The Morgan fingerprint density at radius 2 is 1.91 bits per heavy atom. The first-order valence-electron chi connectivity index (χ1n) is 7.63. The molecule has 0 radical (unpaired) electrons. The van der Waals surface area contributed by atoms with Crippen LogP contribution < -0.4 is 4.90 Å². The summed E-state index contributed by atoms with van der Waals surface area (Å²) in [5.74, 6) is 0.215. The summed E-state index contributed by atoms with van der Waals surface area (Å²) in [6, 6.07) is 15.7. The zero-order valence-electron chi connectivity index (χ0n) is 12.7. The van der Waals surface area contributed by atoms with Crippen LogP contribution in [-0.2, 0) is 11.2 Å². The van der Waals surface area contributed by atoms with E-state index in [2.05, 4.69) is 0 Å². The van der Waals surface area contributed by atoms with Gasteiger partial charge in [0.15, 0.2) is 5.78 Å². The van der Waals surface area contributed by atoms with Gasteiger partial charge in [0.25, 0.3) is 0 Å². The third-order valence-corrected chi connectivity index (χ3v) is 4.08. The fraction of sp³-hybridized carbons (Fsp3) is 0.263. The fourth-order valence-corrected chi connectivity index (χ4v) is 2.87. The van der Waals surface area contributed by atoms with Gasteiger partial charge in [-0.2, -0.15) is 0 Å². The van der Waals surface area contributed by atoms with Crippen LogP contribution in [0.3, 0.4) is 0 Å². The summed E-state index contributed by atoms with van der Waals surface area (Å²) < 4.78 is 0. The molecule has 112 valence electrons. The molecule has 0 saturated heterocycles. The molecule has 0 spiro atoms. The van der Waals surface area contributed by atoms with Crippen molar-refractivity contribution in [1.29, 1.82) is 0 Å². The normalized spacial score (nSPS) is 13.9. The Labute approximate surface area is 130 Å². The number of hydrogen-bond acceptors (Lipinski definition) is 2. The highest BCUT2D eigenvalue weighted by molar-refractivity contribution is 6.08. The van der Waals surface area contributed by atoms with Crippen LogP contribution in [0.25, 0.3) is 0 Å². The van der Waals surface area contributed by atoms with E-state index in [1.807, 2.05) is 55.5 Å². The third-order valence-electron chi connectivity index (χ3n) is 4.08. The van der Waals surface area contributed by atoms with Gasteiger partial charge in [-0.3, -0.25) is 9.59 Å². The van der Waals surface area contributed by atoms with Crippen molar-refractivity contribution in [3.05, 3.63) is 65.2 Å².